The van der Waals surface area contributed by atoms with Gasteiger partial charge >= 0.3 is 0 Å². The van der Waals surface area contributed by atoms with E-state index in [4.69, 9.17) is 4.98 Å². The number of nitrogens with zero attached hydrogens (tertiary/aromatic N) is 1. The Morgan fingerprint density at radius 1 is 1.50 bits per heavy atom. The standard InChI is InChI=1S/C16H28N2OS/c1-11-5-6-13-14(7-11)20-15(18-13)9-17-10-16(3,4)8-12(2)19/h11-12,17,19H,5-10H2,1-4H3. The van der Waals surface area contributed by atoms with E-state index >= 15 is 0 Å². The first-order valence-corrected chi connectivity index (χ1v) is 8.53. The van der Waals surface area contributed by atoms with Crippen LogP contribution >= 0.6 is 11.3 Å². The van der Waals surface area contributed by atoms with E-state index in [1.165, 1.54) is 28.4 Å². The van der Waals surface area contributed by atoms with Crippen LogP contribution in [0.2, 0.25) is 0 Å². The summed E-state index contributed by atoms with van der Waals surface area (Å²) >= 11 is 1.88. The maximum absolute atomic E-state index is 9.50. The van der Waals surface area contributed by atoms with Gasteiger partial charge in [-0.2, -0.15) is 0 Å². The van der Waals surface area contributed by atoms with E-state index in [2.05, 4.69) is 26.1 Å². The fourth-order valence-electron chi connectivity index (χ4n) is 3.05. The van der Waals surface area contributed by atoms with Crippen molar-refractivity contribution < 1.29 is 5.11 Å². The molecule has 1 aliphatic rings. The highest BCUT2D eigenvalue weighted by Gasteiger charge is 2.21. The molecule has 0 amide bonds. The zero-order valence-electron chi connectivity index (χ0n) is 13.2. The van der Waals surface area contributed by atoms with Crippen molar-refractivity contribution in [3.8, 4) is 0 Å². The van der Waals surface area contributed by atoms with E-state index in [-0.39, 0.29) is 11.5 Å². The number of fused-ring (bicyclic) bond motifs is 1. The van der Waals surface area contributed by atoms with Gasteiger partial charge in [-0.05, 0) is 43.9 Å². The van der Waals surface area contributed by atoms with Gasteiger partial charge in [0.25, 0.3) is 0 Å². The monoisotopic (exact) mass is 296 g/mol. The minimum Gasteiger partial charge on any atom is -0.393 e. The predicted octanol–water partition coefficient (Wildman–Crippen LogP) is 3.15. The molecule has 4 heteroatoms. The molecule has 0 bridgehead atoms. The Morgan fingerprint density at radius 2 is 2.25 bits per heavy atom. The topological polar surface area (TPSA) is 45.1 Å². The number of rotatable bonds is 6. The lowest BCUT2D eigenvalue weighted by Gasteiger charge is -2.26. The fraction of sp³-hybridized carbons (Fsp3) is 0.812. The highest BCUT2D eigenvalue weighted by Crippen LogP contribution is 2.30. The second-order valence-electron chi connectivity index (χ2n) is 7.15. The Morgan fingerprint density at radius 3 is 2.95 bits per heavy atom. The van der Waals surface area contributed by atoms with Crippen LogP contribution in [0, 0.1) is 11.3 Å². The molecule has 1 heterocycles. The number of thiazole rings is 1. The zero-order chi connectivity index (χ0) is 14.8. The van der Waals surface area contributed by atoms with Gasteiger partial charge in [-0.3, -0.25) is 0 Å². The Balaban J connectivity index is 1.83. The minimum absolute atomic E-state index is 0.125. The van der Waals surface area contributed by atoms with Crippen molar-refractivity contribution in [1.29, 1.82) is 0 Å². The van der Waals surface area contributed by atoms with Crippen molar-refractivity contribution in [2.45, 2.75) is 66.0 Å². The number of aliphatic hydroxyl groups excluding tert-OH is 1. The van der Waals surface area contributed by atoms with Gasteiger partial charge in [0.1, 0.15) is 5.01 Å². The number of aryl methyl sites for hydroxylation is 1. The molecular weight excluding hydrogens is 268 g/mol. The molecule has 0 aromatic carbocycles. The first kappa shape index (κ1) is 15.9. The number of hydrogen-bond acceptors (Lipinski definition) is 4. The first-order valence-electron chi connectivity index (χ1n) is 7.72. The number of aromatic nitrogens is 1. The maximum atomic E-state index is 9.50. The zero-order valence-corrected chi connectivity index (χ0v) is 14.0. The smallest absolute Gasteiger partial charge is 0.107 e. The minimum atomic E-state index is -0.236. The summed E-state index contributed by atoms with van der Waals surface area (Å²) in [5, 5.41) is 14.2. The lowest BCUT2D eigenvalue weighted by molar-refractivity contribution is 0.128. The van der Waals surface area contributed by atoms with Crippen LogP contribution in [0.4, 0.5) is 0 Å². The van der Waals surface area contributed by atoms with E-state index in [0.29, 0.717) is 0 Å². The van der Waals surface area contributed by atoms with Crippen molar-refractivity contribution >= 4 is 11.3 Å². The van der Waals surface area contributed by atoms with Gasteiger partial charge in [0, 0.05) is 18.0 Å². The van der Waals surface area contributed by atoms with Crippen LogP contribution in [0.15, 0.2) is 0 Å². The van der Waals surface area contributed by atoms with Crippen molar-refractivity contribution in [3.63, 3.8) is 0 Å². The summed E-state index contributed by atoms with van der Waals surface area (Å²) in [5.41, 5.74) is 1.47. The molecular formula is C16H28N2OS. The lowest BCUT2D eigenvalue weighted by atomic mass is 9.87. The number of hydrogen-bond donors (Lipinski definition) is 2. The van der Waals surface area contributed by atoms with Crippen molar-refractivity contribution in [2.75, 3.05) is 6.54 Å². The summed E-state index contributed by atoms with van der Waals surface area (Å²) in [7, 11) is 0. The molecule has 0 spiro atoms. The van der Waals surface area contributed by atoms with Crippen LogP contribution in [0.3, 0.4) is 0 Å². The molecule has 1 aromatic heterocycles. The van der Waals surface area contributed by atoms with E-state index < -0.39 is 0 Å². The molecule has 114 valence electrons. The fourth-order valence-corrected chi connectivity index (χ4v) is 4.30. The second kappa shape index (κ2) is 6.54. The van der Waals surface area contributed by atoms with E-state index in [1.54, 1.807) is 0 Å². The van der Waals surface area contributed by atoms with Crippen LogP contribution in [-0.4, -0.2) is 22.7 Å². The Kier molecular flexibility index (Phi) is 5.21. The third-order valence-electron chi connectivity index (χ3n) is 3.96. The first-order chi connectivity index (χ1) is 9.35. The van der Waals surface area contributed by atoms with Crippen LogP contribution in [0.5, 0.6) is 0 Å². The molecule has 0 saturated heterocycles. The van der Waals surface area contributed by atoms with Crippen molar-refractivity contribution in [2.24, 2.45) is 11.3 Å². The SMILES string of the molecule is CC(O)CC(C)(C)CNCc1nc2c(s1)CC(C)CC2. The van der Waals surface area contributed by atoms with Gasteiger partial charge in [-0.1, -0.05) is 20.8 Å². The highest BCUT2D eigenvalue weighted by atomic mass is 32.1. The van der Waals surface area contributed by atoms with Gasteiger partial charge in [0.05, 0.1) is 11.8 Å². The number of aliphatic hydroxyl groups is 1. The maximum Gasteiger partial charge on any atom is 0.107 e. The normalized spacial score (nSPS) is 20.8. The van der Waals surface area contributed by atoms with Gasteiger partial charge in [0.2, 0.25) is 0 Å². The molecule has 3 nitrogen and oxygen atoms in total. The molecule has 0 radical (unpaired) electrons. The van der Waals surface area contributed by atoms with Crippen LogP contribution in [0.25, 0.3) is 0 Å². The van der Waals surface area contributed by atoms with E-state index in [0.717, 1.165) is 31.8 Å². The quantitative estimate of drug-likeness (QED) is 0.847. The van der Waals surface area contributed by atoms with Gasteiger partial charge in [-0.15, -0.1) is 11.3 Å². The number of nitrogens with one attached hydrogen (secondary N) is 1. The van der Waals surface area contributed by atoms with Gasteiger partial charge < -0.3 is 10.4 Å². The van der Waals surface area contributed by atoms with E-state index in [1.807, 2.05) is 18.3 Å². The van der Waals surface area contributed by atoms with Gasteiger partial charge in [-0.25, -0.2) is 4.98 Å². The molecule has 1 aliphatic carbocycles. The summed E-state index contributed by atoms with van der Waals surface area (Å²) in [4.78, 5) is 6.28. The van der Waals surface area contributed by atoms with E-state index in [9.17, 15) is 5.11 Å². The van der Waals surface area contributed by atoms with Crippen molar-refractivity contribution in [1.82, 2.24) is 10.3 Å². The highest BCUT2D eigenvalue weighted by molar-refractivity contribution is 7.11. The molecule has 0 aliphatic heterocycles. The van der Waals surface area contributed by atoms with Crippen LogP contribution < -0.4 is 5.32 Å². The third kappa shape index (κ3) is 4.54. The predicted molar refractivity (Wildman–Crippen MR) is 85.1 cm³/mol. The van der Waals surface area contributed by atoms with Gasteiger partial charge in [0.15, 0.2) is 0 Å². The summed E-state index contributed by atoms with van der Waals surface area (Å²) in [5.74, 6) is 0.814. The lowest BCUT2D eigenvalue weighted by Crippen LogP contribution is -2.31. The summed E-state index contributed by atoms with van der Waals surface area (Å²) in [6, 6.07) is 0. The second-order valence-corrected chi connectivity index (χ2v) is 8.31. The third-order valence-corrected chi connectivity index (χ3v) is 5.08. The molecule has 0 fully saturated rings. The molecule has 0 saturated carbocycles. The molecule has 2 N–H and O–H groups in total. The average Bonchev–Trinajstić information content (AvgIpc) is 2.68. The largest absolute Gasteiger partial charge is 0.393 e. The average molecular weight is 296 g/mol. The Labute approximate surface area is 126 Å². The molecule has 20 heavy (non-hydrogen) atoms. The molecule has 2 atom stereocenters. The molecule has 2 unspecified atom stereocenters. The summed E-state index contributed by atoms with van der Waals surface area (Å²) in [6.45, 7) is 10.4. The molecule has 1 aromatic rings. The summed E-state index contributed by atoms with van der Waals surface area (Å²) < 4.78 is 0. The molecule has 2 rings (SSSR count). The Hall–Kier alpha value is -0.450. The van der Waals surface area contributed by atoms with Crippen LogP contribution in [-0.2, 0) is 19.4 Å². The van der Waals surface area contributed by atoms with Crippen LogP contribution in [0.1, 0.15) is 56.1 Å². The van der Waals surface area contributed by atoms with Crippen molar-refractivity contribution in [3.05, 3.63) is 15.6 Å². The summed E-state index contributed by atoms with van der Waals surface area (Å²) in [6.07, 6.45) is 4.23. The Bertz CT molecular complexity index is 440.